The third-order valence-corrected chi connectivity index (χ3v) is 4.11. The maximum atomic E-state index is 12.1. The van der Waals surface area contributed by atoms with E-state index >= 15 is 0 Å². The van der Waals surface area contributed by atoms with E-state index in [0.29, 0.717) is 22.5 Å². The van der Waals surface area contributed by atoms with E-state index in [2.05, 4.69) is 15.3 Å². The van der Waals surface area contributed by atoms with Crippen molar-refractivity contribution in [2.75, 3.05) is 11.9 Å². The van der Waals surface area contributed by atoms with Gasteiger partial charge in [-0.25, -0.2) is 9.78 Å². The van der Waals surface area contributed by atoms with Crippen LogP contribution in [0.3, 0.4) is 0 Å². The number of anilines is 1. The molecule has 148 valence electrons. The van der Waals surface area contributed by atoms with Crippen LogP contribution in [0.5, 0.6) is 11.5 Å². The molecule has 0 atom stereocenters. The fourth-order valence-corrected chi connectivity index (χ4v) is 2.69. The van der Waals surface area contributed by atoms with Crippen LogP contribution in [0.4, 0.5) is 5.69 Å². The van der Waals surface area contributed by atoms with Gasteiger partial charge in [0, 0.05) is 5.69 Å². The monoisotopic (exact) mass is 399 g/mol. The smallest absolute Gasteiger partial charge is 0.359 e. The second-order valence-electron chi connectivity index (χ2n) is 6.31. The number of para-hydroxylation sites is 3. The molecule has 0 spiro atoms. The Hall–Kier alpha value is -4.26. The summed E-state index contributed by atoms with van der Waals surface area (Å²) in [5, 5.41) is 2.66. The number of nitrogens with zero attached hydrogens (tertiary/aromatic N) is 2. The molecule has 7 nitrogen and oxygen atoms in total. The van der Waals surface area contributed by atoms with Crippen LogP contribution in [0.15, 0.2) is 85.1 Å². The minimum atomic E-state index is -0.713. The molecule has 1 amide bonds. The van der Waals surface area contributed by atoms with Gasteiger partial charge in [-0.1, -0.05) is 30.3 Å². The Morgan fingerprint density at radius 3 is 2.23 bits per heavy atom. The number of hydrogen-bond donors (Lipinski definition) is 1. The number of ether oxygens (including phenoxy) is 2. The number of benzene rings is 3. The molecule has 0 radical (unpaired) electrons. The van der Waals surface area contributed by atoms with E-state index in [-0.39, 0.29) is 5.69 Å². The Labute approximate surface area is 172 Å². The molecule has 1 N–H and O–H groups in total. The summed E-state index contributed by atoms with van der Waals surface area (Å²) < 4.78 is 10.7. The van der Waals surface area contributed by atoms with Crippen molar-refractivity contribution in [3.63, 3.8) is 0 Å². The largest absolute Gasteiger partial charge is 0.457 e. The lowest BCUT2D eigenvalue weighted by molar-refractivity contribution is -0.119. The van der Waals surface area contributed by atoms with Gasteiger partial charge in [0.25, 0.3) is 5.91 Å². The molecule has 7 heteroatoms. The van der Waals surface area contributed by atoms with E-state index in [1.807, 2.05) is 36.4 Å². The first-order valence-electron chi connectivity index (χ1n) is 9.19. The topological polar surface area (TPSA) is 90.4 Å². The number of nitrogens with one attached hydrogen (secondary N) is 1. The summed E-state index contributed by atoms with van der Waals surface area (Å²) in [6.07, 6.45) is 1.33. The number of amides is 1. The average molecular weight is 399 g/mol. The number of hydrogen-bond acceptors (Lipinski definition) is 6. The maximum Gasteiger partial charge on any atom is 0.359 e. The Morgan fingerprint density at radius 2 is 1.47 bits per heavy atom. The number of carbonyl (C=O) groups excluding carboxylic acids is 2. The molecule has 0 fully saturated rings. The summed E-state index contributed by atoms with van der Waals surface area (Å²) in [6.45, 7) is -0.435. The van der Waals surface area contributed by atoms with Crippen molar-refractivity contribution >= 4 is 28.6 Å². The van der Waals surface area contributed by atoms with E-state index < -0.39 is 18.5 Å². The fourth-order valence-electron chi connectivity index (χ4n) is 2.69. The van der Waals surface area contributed by atoms with Crippen molar-refractivity contribution in [2.45, 2.75) is 0 Å². The number of carbonyl (C=O) groups is 2. The summed E-state index contributed by atoms with van der Waals surface area (Å²) in [6, 6.07) is 23.4. The normalized spacial score (nSPS) is 10.4. The first-order chi connectivity index (χ1) is 14.7. The van der Waals surface area contributed by atoms with Crippen molar-refractivity contribution in [3.8, 4) is 11.5 Å². The molecule has 0 saturated heterocycles. The van der Waals surface area contributed by atoms with Crippen LogP contribution >= 0.6 is 0 Å². The molecule has 1 heterocycles. The minimum absolute atomic E-state index is 0.0453. The molecule has 1 aromatic heterocycles. The van der Waals surface area contributed by atoms with E-state index in [1.165, 1.54) is 6.20 Å². The lowest BCUT2D eigenvalue weighted by Gasteiger charge is -2.08. The van der Waals surface area contributed by atoms with Gasteiger partial charge >= 0.3 is 5.97 Å². The van der Waals surface area contributed by atoms with Crippen LogP contribution in [0.2, 0.25) is 0 Å². The Kier molecular flexibility index (Phi) is 5.61. The highest BCUT2D eigenvalue weighted by atomic mass is 16.5. The van der Waals surface area contributed by atoms with Gasteiger partial charge in [0.15, 0.2) is 12.3 Å². The second kappa shape index (κ2) is 8.83. The Morgan fingerprint density at radius 1 is 0.800 bits per heavy atom. The van der Waals surface area contributed by atoms with Crippen LogP contribution < -0.4 is 10.1 Å². The number of esters is 1. The predicted octanol–water partition coefficient (Wildman–Crippen LogP) is 4.22. The van der Waals surface area contributed by atoms with Gasteiger partial charge in [0.05, 0.1) is 17.2 Å². The molecule has 0 bridgehead atoms. The van der Waals surface area contributed by atoms with Crippen molar-refractivity contribution in [2.24, 2.45) is 0 Å². The second-order valence-corrected chi connectivity index (χ2v) is 6.31. The molecule has 30 heavy (non-hydrogen) atoms. The van der Waals surface area contributed by atoms with Crippen LogP contribution in [0.25, 0.3) is 11.0 Å². The first-order valence-corrected chi connectivity index (χ1v) is 9.19. The molecule has 4 aromatic rings. The van der Waals surface area contributed by atoms with Gasteiger partial charge < -0.3 is 14.8 Å². The van der Waals surface area contributed by atoms with Crippen LogP contribution in [-0.2, 0) is 9.53 Å². The fraction of sp³-hybridized carbons (Fsp3) is 0.0435. The van der Waals surface area contributed by atoms with Crippen molar-refractivity contribution in [1.29, 1.82) is 0 Å². The molecule has 0 aliphatic rings. The van der Waals surface area contributed by atoms with E-state index in [0.717, 1.165) is 5.75 Å². The zero-order valence-electron chi connectivity index (χ0n) is 15.8. The van der Waals surface area contributed by atoms with Gasteiger partial charge in [0.1, 0.15) is 11.5 Å². The maximum absolute atomic E-state index is 12.1. The van der Waals surface area contributed by atoms with Gasteiger partial charge in [-0.3, -0.25) is 9.78 Å². The lowest BCUT2D eigenvalue weighted by Crippen LogP contribution is -2.21. The van der Waals surface area contributed by atoms with E-state index in [9.17, 15) is 9.59 Å². The number of aromatic nitrogens is 2. The van der Waals surface area contributed by atoms with Crippen LogP contribution in [0.1, 0.15) is 10.5 Å². The standard InChI is InChI=1S/C23H17N3O4/c27-22(15-29-23(28)21-14-24-19-8-4-5-9-20(19)26-21)25-16-10-12-18(13-11-16)30-17-6-2-1-3-7-17/h1-14H,15H2,(H,25,27). The van der Waals surface area contributed by atoms with Gasteiger partial charge in [-0.2, -0.15) is 0 Å². The van der Waals surface area contributed by atoms with Gasteiger partial charge in [-0.05, 0) is 48.5 Å². The van der Waals surface area contributed by atoms with E-state index in [4.69, 9.17) is 9.47 Å². The molecular weight excluding hydrogens is 382 g/mol. The summed E-state index contributed by atoms with van der Waals surface area (Å²) in [5.41, 5.74) is 1.85. The summed E-state index contributed by atoms with van der Waals surface area (Å²) in [5.74, 6) is 0.183. The molecule has 0 aliphatic heterocycles. The number of fused-ring (bicyclic) bond motifs is 1. The SMILES string of the molecule is O=C(COC(=O)c1cnc2ccccc2n1)Nc1ccc(Oc2ccccc2)cc1. The highest BCUT2D eigenvalue weighted by molar-refractivity contribution is 5.95. The zero-order valence-corrected chi connectivity index (χ0v) is 15.8. The Bertz CT molecular complexity index is 1180. The molecule has 3 aromatic carbocycles. The third-order valence-electron chi connectivity index (χ3n) is 4.11. The number of rotatable bonds is 6. The van der Waals surface area contributed by atoms with Crippen molar-refractivity contribution in [3.05, 3.63) is 90.8 Å². The average Bonchev–Trinajstić information content (AvgIpc) is 2.79. The van der Waals surface area contributed by atoms with E-state index in [1.54, 1.807) is 42.5 Å². The summed E-state index contributed by atoms with van der Waals surface area (Å²) in [4.78, 5) is 32.6. The molecule has 0 saturated carbocycles. The highest BCUT2D eigenvalue weighted by Gasteiger charge is 2.13. The van der Waals surface area contributed by atoms with Gasteiger partial charge in [-0.15, -0.1) is 0 Å². The minimum Gasteiger partial charge on any atom is -0.457 e. The van der Waals surface area contributed by atoms with Crippen LogP contribution in [-0.4, -0.2) is 28.5 Å². The third kappa shape index (κ3) is 4.77. The lowest BCUT2D eigenvalue weighted by atomic mass is 10.3. The molecule has 4 rings (SSSR count). The predicted molar refractivity (Wildman–Crippen MR) is 111 cm³/mol. The van der Waals surface area contributed by atoms with Crippen molar-refractivity contribution < 1.29 is 19.1 Å². The summed E-state index contributed by atoms with van der Waals surface area (Å²) >= 11 is 0. The first kappa shape index (κ1) is 19.1. The Balaban J connectivity index is 1.30. The van der Waals surface area contributed by atoms with Crippen LogP contribution in [0, 0.1) is 0 Å². The summed E-state index contributed by atoms with van der Waals surface area (Å²) in [7, 11) is 0. The molecular formula is C23H17N3O4. The molecule has 0 aliphatic carbocycles. The highest BCUT2D eigenvalue weighted by Crippen LogP contribution is 2.22. The van der Waals surface area contributed by atoms with Gasteiger partial charge in [0.2, 0.25) is 0 Å². The zero-order chi connectivity index (χ0) is 20.8. The molecule has 0 unspecified atom stereocenters. The quantitative estimate of drug-likeness (QED) is 0.488. The van der Waals surface area contributed by atoms with Crippen molar-refractivity contribution in [1.82, 2.24) is 9.97 Å².